The van der Waals surface area contributed by atoms with Gasteiger partial charge in [0.15, 0.2) is 5.76 Å². The summed E-state index contributed by atoms with van der Waals surface area (Å²) in [6.45, 7) is 6.36. The predicted molar refractivity (Wildman–Crippen MR) is 92.6 cm³/mol. The predicted octanol–water partition coefficient (Wildman–Crippen LogP) is 2.87. The molecule has 0 bridgehead atoms. The number of benzene rings is 1. The summed E-state index contributed by atoms with van der Waals surface area (Å²) in [5, 5.41) is 7.29. The van der Waals surface area contributed by atoms with Gasteiger partial charge in [0.1, 0.15) is 10.6 Å². The van der Waals surface area contributed by atoms with Gasteiger partial charge in [0.2, 0.25) is 10.0 Å². The van der Waals surface area contributed by atoms with Crippen LogP contribution in [0.25, 0.3) is 0 Å². The smallest absolute Gasteiger partial charge is 0.248 e. The quantitative estimate of drug-likeness (QED) is 0.918. The maximum absolute atomic E-state index is 12.8. The molecular weight excluding hydrogens is 326 g/mol. The van der Waals surface area contributed by atoms with Crippen molar-refractivity contribution in [3.63, 3.8) is 0 Å². The fraction of sp³-hybridized carbons (Fsp3) is 0.471. The van der Waals surface area contributed by atoms with E-state index in [-0.39, 0.29) is 10.9 Å². The first-order chi connectivity index (χ1) is 11.4. The molecule has 1 aromatic heterocycles. The zero-order chi connectivity index (χ0) is 17.3. The molecule has 1 N–H and O–H groups in total. The lowest BCUT2D eigenvalue weighted by Crippen LogP contribution is -2.42. The SMILES string of the molecule is Cc1ccccc1NC1CCN(S(=O)(=O)c2c(C)noc2C)CC1. The molecule has 0 atom stereocenters. The number of aromatic nitrogens is 1. The molecular formula is C17H23N3O3S. The lowest BCUT2D eigenvalue weighted by molar-refractivity contribution is 0.328. The van der Waals surface area contributed by atoms with E-state index in [2.05, 4.69) is 29.5 Å². The van der Waals surface area contributed by atoms with Crippen molar-refractivity contribution in [3.05, 3.63) is 41.3 Å². The number of hydrogen-bond acceptors (Lipinski definition) is 5. The Morgan fingerprint density at radius 1 is 1.17 bits per heavy atom. The molecule has 0 saturated carbocycles. The summed E-state index contributed by atoms with van der Waals surface area (Å²) in [5.41, 5.74) is 2.74. The molecule has 1 fully saturated rings. The Morgan fingerprint density at radius 3 is 2.42 bits per heavy atom. The van der Waals surface area contributed by atoms with Crippen LogP contribution in [-0.2, 0) is 10.0 Å². The summed E-state index contributed by atoms with van der Waals surface area (Å²) in [4.78, 5) is 0.216. The number of nitrogens with zero attached hydrogens (tertiary/aromatic N) is 2. The first-order valence-electron chi connectivity index (χ1n) is 8.15. The van der Waals surface area contributed by atoms with Crippen molar-refractivity contribution in [1.29, 1.82) is 0 Å². The second kappa shape index (κ2) is 6.57. The first kappa shape index (κ1) is 17.0. The minimum Gasteiger partial charge on any atom is -0.382 e. The summed E-state index contributed by atoms with van der Waals surface area (Å²) in [6.07, 6.45) is 1.55. The number of piperidine rings is 1. The van der Waals surface area contributed by atoms with E-state index in [1.54, 1.807) is 13.8 Å². The number of anilines is 1. The minimum atomic E-state index is -3.54. The average Bonchev–Trinajstić information content (AvgIpc) is 2.89. The zero-order valence-electron chi connectivity index (χ0n) is 14.2. The monoisotopic (exact) mass is 349 g/mol. The number of para-hydroxylation sites is 1. The van der Waals surface area contributed by atoms with Crippen LogP contribution >= 0.6 is 0 Å². The Balaban J connectivity index is 1.68. The van der Waals surface area contributed by atoms with Crippen LogP contribution in [0.5, 0.6) is 0 Å². The van der Waals surface area contributed by atoms with Crippen molar-refractivity contribution >= 4 is 15.7 Å². The summed E-state index contributed by atoms with van der Waals surface area (Å²) >= 11 is 0. The lowest BCUT2D eigenvalue weighted by Gasteiger charge is -2.32. The second-order valence-electron chi connectivity index (χ2n) is 6.29. The van der Waals surface area contributed by atoms with E-state index in [0.717, 1.165) is 18.5 Å². The van der Waals surface area contributed by atoms with Crippen LogP contribution in [0.4, 0.5) is 5.69 Å². The number of hydrogen-bond donors (Lipinski definition) is 1. The van der Waals surface area contributed by atoms with Gasteiger partial charge < -0.3 is 9.84 Å². The van der Waals surface area contributed by atoms with Gasteiger partial charge >= 0.3 is 0 Å². The third kappa shape index (κ3) is 3.18. The Morgan fingerprint density at radius 2 is 1.83 bits per heavy atom. The molecule has 0 amide bonds. The van der Waals surface area contributed by atoms with Gasteiger partial charge in [-0.2, -0.15) is 4.31 Å². The molecule has 0 spiro atoms. The third-order valence-electron chi connectivity index (χ3n) is 4.52. The number of nitrogens with one attached hydrogen (secondary N) is 1. The highest BCUT2D eigenvalue weighted by atomic mass is 32.2. The van der Waals surface area contributed by atoms with Crippen LogP contribution in [0.1, 0.15) is 29.9 Å². The van der Waals surface area contributed by atoms with Gasteiger partial charge in [-0.15, -0.1) is 0 Å². The van der Waals surface area contributed by atoms with Crippen molar-refractivity contribution in [2.75, 3.05) is 18.4 Å². The molecule has 130 valence electrons. The molecule has 24 heavy (non-hydrogen) atoms. The average molecular weight is 349 g/mol. The highest BCUT2D eigenvalue weighted by molar-refractivity contribution is 7.89. The molecule has 3 rings (SSSR count). The van der Waals surface area contributed by atoms with Gasteiger partial charge in [0.25, 0.3) is 0 Å². The molecule has 7 heteroatoms. The van der Waals surface area contributed by atoms with Crippen LogP contribution in [0.15, 0.2) is 33.7 Å². The van der Waals surface area contributed by atoms with E-state index in [1.807, 2.05) is 12.1 Å². The van der Waals surface area contributed by atoms with Gasteiger partial charge in [-0.25, -0.2) is 8.42 Å². The van der Waals surface area contributed by atoms with Crippen molar-refractivity contribution in [3.8, 4) is 0 Å². The third-order valence-corrected chi connectivity index (χ3v) is 6.67. The summed E-state index contributed by atoms with van der Waals surface area (Å²) in [6, 6.07) is 8.43. The maximum atomic E-state index is 12.8. The van der Waals surface area contributed by atoms with Gasteiger partial charge in [0, 0.05) is 24.8 Å². The Kier molecular flexibility index (Phi) is 4.64. The molecule has 1 aliphatic rings. The molecule has 1 saturated heterocycles. The van der Waals surface area contributed by atoms with Gasteiger partial charge in [-0.1, -0.05) is 23.4 Å². The Labute approximate surface area is 142 Å². The zero-order valence-corrected chi connectivity index (χ0v) is 15.1. The van der Waals surface area contributed by atoms with Crippen LogP contribution in [0.2, 0.25) is 0 Å². The standard InChI is InChI=1S/C17H23N3O3S/c1-12-6-4-5-7-16(12)18-15-8-10-20(11-9-15)24(21,22)17-13(2)19-23-14(17)3/h4-7,15,18H,8-11H2,1-3H3. The molecule has 0 radical (unpaired) electrons. The van der Waals surface area contributed by atoms with Crippen LogP contribution < -0.4 is 5.32 Å². The molecule has 2 aromatic rings. The summed E-state index contributed by atoms with van der Waals surface area (Å²) in [5.74, 6) is 0.354. The molecule has 2 heterocycles. The maximum Gasteiger partial charge on any atom is 0.248 e. The van der Waals surface area contributed by atoms with Gasteiger partial charge in [-0.3, -0.25) is 0 Å². The second-order valence-corrected chi connectivity index (χ2v) is 8.17. The lowest BCUT2D eigenvalue weighted by atomic mass is 10.1. The number of aryl methyl sites for hydroxylation is 3. The van der Waals surface area contributed by atoms with E-state index < -0.39 is 10.0 Å². The van der Waals surface area contributed by atoms with Crippen molar-refractivity contribution in [1.82, 2.24) is 9.46 Å². The summed E-state index contributed by atoms with van der Waals surface area (Å²) < 4.78 is 32.2. The Bertz CT molecular complexity index is 802. The minimum absolute atomic E-state index is 0.216. The van der Waals surface area contributed by atoms with E-state index >= 15 is 0 Å². The highest BCUT2D eigenvalue weighted by Crippen LogP contribution is 2.27. The van der Waals surface area contributed by atoms with Crippen molar-refractivity contribution in [2.45, 2.75) is 44.6 Å². The fourth-order valence-corrected chi connectivity index (χ4v) is 4.93. The van der Waals surface area contributed by atoms with Gasteiger partial charge in [-0.05, 0) is 45.2 Å². The fourth-order valence-electron chi connectivity index (χ4n) is 3.17. The normalized spacial score (nSPS) is 17.1. The van der Waals surface area contributed by atoms with Crippen molar-refractivity contribution in [2.24, 2.45) is 0 Å². The largest absolute Gasteiger partial charge is 0.382 e. The molecule has 0 aliphatic carbocycles. The molecule has 1 aliphatic heterocycles. The molecule has 1 aromatic carbocycles. The van der Waals surface area contributed by atoms with Gasteiger partial charge in [0.05, 0.1) is 0 Å². The molecule has 6 nitrogen and oxygen atoms in total. The first-order valence-corrected chi connectivity index (χ1v) is 9.59. The highest BCUT2D eigenvalue weighted by Gasteiger charge is 2.33. The van der Waals surface area contributed by atoms with Crippen molar-refractivity contribution < 1.29 is 12.9 Å². The van der Waals surface area contributed by atoms with Crippen LogP contribution in [-0.4, -0.2) is 37.0 Å². The van der Waals surface area contributed by atoms with E-state index in [0.29, 0.717) is 24.5 Å². The van der Waals surface area contributed by atoms with E-state index in [1.165, 1.54) is 9.87 Å². The topological polar surface area (TPSA) is 75.4 Å². The van der Waals surface area contributed by atoms with E-state index in [9.17, 15) is 8.42 Å². The Hall–Kier alpha value is -1.86. The van der Waals surface area contributed by atoms with E-state index in [4.69, 9.17) is 4.52 Å². The summed E-state index contributed by atoms with van der Waals surface area (Å²) in [7, 11) is -3.54. The number of sulfonamides is 1. The number of rotatable bonds is 4. The molecule has 0 unspecified atom stereocenters. The van der Waals surface area contributed by atoms with Crippen LogP contribution in [0, 0.1) is 20.8 Å². The van der Waals surface area contributed by atoms with Crippen LogP contribution in [0.3, 0.4) is 0 Å².